The monoisotopic (exact) mass is 333 g/mol. The molecule has 25 heavy (non-hydrogen) atoms. The Labute approximate surface area is 150 Å². The molecular weight excluding hydrogens is 306 g/mol. The van der Waals surface area contributed by atoms with Crippen LogP contribution in [0.1, 0.15) is 34.6 Å². The molecule has 130 valence electrons. The van der Waals surface area contributed by atoms with Gasteiger partial charge in [-0.2, -0.15) is 0 Å². The lowest BCUT2D eigenvalue weighted by atomic mass is 9.80. The molecule has 0 spiro atoms. The summed E-state index contributed by atoms with van der Waals surface area (Å²) in [6.45, 7) is 9.17. The van der Waals surface area contributed by atoms with Crippen molar-refractivity contribution >= 4 is 17.1 Å². The zero-order valence-corrected chi connectivity index (χ0v) is 15.2. The summed E-state index contributed by atoms with van der Waals surface area (Å²) in [6, 6.07) is 11.4. The molecule has 2 aromatic carbocycles. The van der Waals surface area contributed by atoms with Crippen LogP contribution < -0.4 is 15.5 Å². The summed E-state index contributed by atoms with van der Waals surface area (Å²) in [6.07, 6.45) is 2.50. The maximum atomic E-state index is 3.72. The third-order valence-electron chi connectivity index (χ3n) is 6.49. The summed E-state index contributed by atoms with van der Waals surface area (Å²) in [5.41, 5.74) is 9.86. The Morgan fingerprint density at radius 3 is 3.00 bits per heavy atom. The topological polar surface area (TPSA) is 27.3 Å². The lowest BCUT2D eigenvalue weighted by Crippen LogP contribution is -2.41. The van der Waals surface area contributed by atoms with Crippen molar-refractivity contribution in [3.63, 3.8) is 0 Å². The van der Waals surface area contributed by atoms with Gasteiger partial charge >= 0.3 is 0 Å². The lowest BCUT2D eigenvalue weighted by molar-refractivity contribution is 0.470. The molecule has 3 aliphatic rings. The predicted octanol–water partition coefficient (Wildman–Crippen LogP) is 4.12. The SMILES string of the molecule is Cc1cccc(Nc2cc3c4c(c2)C2CNCC2CN4CCC3)c1C. The lowest BCUT2D eigenvalue weighted by Gasteiger charge is -2.42. The summed E-state index contributed by atoms with van der Waals surface area (Å²) in [5, 5.41) is 7.35. The van der Waals surface area contributed by atoms with E-state index in [1.807, 2.05) is 0 Å². The highest BCUT2D eigenvalue weighted by molar-refractivity contribution is 5.73. The highest BCUT2D eigenvalue weighted by atomic mass is 15.2. The maximum absolute atomic E-state index is 3.72. The minimum Gasteiger partial charge on any atom is -0.371 e. The Kier molecular flexibility index (Phi) is 3.53. The van der Waals surface area contributed by atoms with Gasteiger partial charge in [0.05, 0.1) is 0 Å². The van der Waals surface area contributed by atoms with Crippen LogP contribution >= 0.6 is 0 Å². The Morgan fingerprint density at radius 2 is 2.08 bits per heavy atom. The third-order valence-corrected chi connectivity index (χ3v) is 6.49. The number of nitrogens with one attached hydrogen (secondary N) is 2. The van der Waals surface area contributed by atoms with Gasteiger partial charge in [-0.25, -0.2) is 0 Å². The first kappa shape index (κ1) is 15.3. The van der Waals surface area contributed by atoms with Gasteiger partial charge in [-0.3, -0.25) is 0 Å². The van der Waals surface area contributed by atoms with Crippen molar-refractivity contribution in [2.45, 2.75) is 32.6 Å². The molecule has 3 heterocycles. The van der Waals surface area contributed by atoms with Gasteiger partial charge in [0.15, 0.2) is 0 Å². The molecule has 1 saturated heterocycles. The molecule has 1 fully saturated rings. The minimum atomic E-state index is 0.684. The summed E-state index contributed by atoms with van der Waals surface area (Å²) in [4.78, 5) is 2.66. The van der Waals surface area contributed by atoms with E-state index in [0.29, 0.717) is 5.92 Å². The van der Waals surface area contributed by atoms with Crippen molar-refractivity contribution in [2.75, 3.05) is 36.4 Å². The van der Waals surface area contributed by atoms with Crippen LogP contribution in [0.25, 0.3) is 0 Å². The molecule has 0 aliphatic carbocycles. The minimum absolute atomic E-state index is 0.684. The van der Waals surface area contributed by atoms with E-state index in [4.69, 9.17) is 0 Å². The van der Waals surface area contributed by atoms with Crippen LogP contribution in [0, 0.1) is 19.8 Å². The fourth-order valence-electron chi connectivity index (χ4n) is 5.02. The van der Waals surface area contributed by atoms with Gasteiger partial charge < -0.3 is 15.5 Å². The quantitative estimate of drug-likeness (QED) is 0.866. The molecule has 5 rings (SSSR count). The van der Waals surface area contributed by atoms with Gasteiger partial charge in [0, 0.05) is 49.2 Å². The Balaban J connectivity index is 1.58. The van der Waals surface area contributed by atoms with Crippen molar-refractivity contribution in [1.82, 2.24) is 5.32 Å². The van der Waals surface area contributed by atoms with Gasteiger partial charge in [-0.05, 0) is 73.1 Å². The predicted molar refractivity (Wildman–Crippen MR) is 105 cm³/mol. The largest absolute Gasteiger partial charge is 0.371 e. The van der Waals surface area contributed by atoms with Gasteiger partial charge in [0.25, 0.3) is 0 Å². The summed E-state index contributed by atoms with van der Waals surface area (Å²) >= 11 is 0. The molecule has 0 bridgehead atoms. The molecule has 2 N–H and O–H groups in total. The molecule has 0 amide bonds. The van der Waals surface area contributed by atoms with Crippen LogP contribution in [0.5, 0.6) is 0 Å². The van der Waals surface area contributed by atoms with E-state index in [0.717, 1.165) is 12.5 Å². The van der Waals surface area contributed by atoms with E-state index in [2.05, 4.69) is 59.7 Å². The van der Waals surface area contributed by atoms with E-state index in [-0.39, 0.29) is 0 Å². The van der Waals surface area contributed by atoms with E-state index < -0.39 is 0 Å². The molecular formula is C22H27N3. The first-order valence-electron chi connectivity index (χ1n) is 9.66. The Morgan fingerprint density at radius 1 is 1.16 bits per heavy atom. The van der Waals surface area contributed by atoms with Crippen molar-refractivity contribution in [2.24, 2.45) is 5.92 Å². The van der Waals surface area contributed by atoms with E-state index >= 15 is 0 Å². The Bertz CT molecular complexity index is 826. The number of benzene rings is 2. The zero-order valence-electron chi connectivity index (χ0n) is 15.2. The summed E-state index contributed by atoms with van der Waals surface area (Å²) < 4.78 is 0. The molecule has 3 heteroatoms. The molecule has 2 unspecified atom stereocenters. The number of fused-ring (bicyclic) bond motifs is 2. The normalized spacial score (nSPS) is 24.0. The molecule has 0 saturated carbocycles. The maximum Gasteiger partial charge on any atom is 0.0436 e. The first-order valence-corrected chi connectivity index (χ1v) is 9.66. The molecule has 3 aliphatic heterocycles. The fourth-order valence-corrected chi connectivity index (χ4v) is 5.02. The average Bonchev–Trinajstić information content (AvgIpc) is 3.08. The van der Waals surface area contributed by atoms with Crippen LogP contribution in [0.4, 0.5) is 17.1 Å². The third kappa shape index (κ3) is 2.44. The van der Waals surface area contributed by atoms with E-state index in [1.165, 1.54) is 55.0 Å². The van der Waals surface area contributed by atoms with Gasteiger partial charge in [-0.15, -0.1) is 0 Å². The van der Waals surface area contributed by atoms with Crippen LogP contribution in [-0.4, -0.2) is 26.2 Å². The number of hydrogen-bond donors (Lipinski definition) is 2. The number of rotatable bonds is 2. The van der Waals surface area contributed by atoms with Crippen molar-refractivity contribution in [3.8, 4) is 0 Å². The number of aryl methyl sites for hydroxylation is 2. The second-order valence-corrected chi connectivity index (χ2v) is 8.02. The summed E-state index contributed by atoms with van der Waals surface area (Å²) in [5.74, 6) is 1.46. The van der Waals surface area contributed by atoms with Crippen molar-refractivity contribution in [1.29, 1.82) is 0 Å². The highest BCUT2D eigenvalue weighted by Crippen LogP contribution is 2.46. The fraction of sp³-hybridized carbons (Fsp3) is 0.455. The van der Waals surface area contributed by atoms with Gasteiger partial charge in [0.1, 0.15) is 0 Å². The zero-order chi connectivity index (χ0) is 17.0. The second kappa shape index (κ2) is 5.77. The van der Waals surface area contributed by atoms with Crippen molar-refractivity contribution in [3.05, 3.63) is 52.6 Å². The van der Waals surface area contributed by atoms with Crippen molar-refractivity contribution < 1.29 is 0 Å². The molecule has 0 radical (unpaired) electrons. The summed E-state index contributed by atoms with van der Waals surface area (Å²) in [7, 11) is 0. The van der Waals surface area contributed by atoms with E-state index in [9.17, 15) is 0 Å². The molecule has 0 aromatic heterocycles. The average molecular weight is 333 g/mol. The van der Waals surface area contributed by atoms with Crippen LogP contribution in [-0.2, 0) is 6.42 Å². The smallest absolute Gasteiger partial charge is 0.0436 e. The molecule has 2 aromatic rings. The molecule has 3 nitrogen and oxygen atoms in total. The van der Waals surface area contributed by atoms with Gasteiger partial charge in [-0.1, -0.05) is 12.1 Å². The Hall–Kier alpha value is -2.00. The van der Waals surface area contributed by atoms with Crippen LogP contribution in [0.15, 0.2) is 30.3 Å². The first-order chi connectivity index (χ1) is 12.2. The van der Waals surface area contributed by atoms with Crippen LogP contribution in [0.2, 0.25) is 0 Å². The second-order valence-electron chi connectivity index (χ2n) is 8.02. The number of nitrogens with zero attached hydrogens (tertiary/aromatic N) is 1. The van der Waals surface area contributed by atoms with Crippen LogP contribution in [0.3, 0.4) is 0 Å². The number of anilines is 3. The highest BCUT2D eigenvalue weighted by Gasteiger charge is 2.38. The van der Waals surface area contributed by atoms with Gasteiger partial charge in [0.2, 0.25) is 0 Å². The molecule has 2 atom stereocenters. The number of hydrogen-bond acceptors (Lipinski definition) is 3. The standard InChI is InChI=1S/C22H27N3/c1-14-5-3-7-21(15(14)2)24-18-9-16-6-4-8-25-13-17-11-23-12-20(17)19(10-18)22(16)25/h3,5,7,9-10,17,20,23-24H,4,6,8,11-13H2,1-2H3. The van der Waals surface area contributed by atoms with E-state index in [1.54, 1.807) is 16.8 Å².